The number of aliphatic hydroxyl groups is 3. The van der Waals surface area contributed by atoms with E-state index in [0.29, 0.717) is 36.1 Å². The molecule has 192 valence electrons. The first-order valence-electron chi connectivity index (χ1n) is 12.1. The Morgan fingerprint density at radius 3 is 2.63 bits per heavy atom. The van der Waals surface area contributed by atoms with Gasteiger partial charge < -0.3 is 34.6 Å². The largest absolute Gasteiger partial charge is 0.482 e. The summed E-state index contributed by atoms with van der Waals surface area (Å²) in [6, 6.07) is 4.90. The van der Waals surface area contributed by atoms with E-state index in [9.17, 15) is 24.9 Å². The summed E-state index contributed by atoms with van der Waals surface area (Å²) in [6.07, 6.45) is -2.03. The highest BCUT2D eigenvalue weighted by Crippen LogP contribution is 2.39. The number of ether oxygens (including phenoxy) is 3. The summed E-state index contributed by atoms with van der Waals surface area (Å²) in [6.45, 7) is 5.31. The number of rotatable bonds is 9. The van der Waals surface area contributed by atoms with Gasteiger partial charge in [-0.05, 0) is 50.5 Å². The van der Waals surface area contributed by atoms with E-state index in [4.69, 9.17) is 19.3 Å². The molecule has 3 aliphatic rings. The molecule has 9 nitrogen and oxygen atoms in total. The maximum absolute atomic E-state index is 12.9. The fourth-order valence-corrected chi connectivity index (χ4v) is 5.09. The molecule has 2 saturated heterocycles. The monoisotopic (exact) mass is 490 g/mol. The van der Waals surface area contributed by atoms with E-state index in [0.717, 1.165) is 11.1 Å². The number of ketones is 1. The van der Waals surface area contributed by atoms with Crippen molar-refractivity contribution in [1.29, 1.82) is 0 Å². The highest BCUT2D eigenvalue weighted by Gasteiger charge is 2.48. The first-order valence-corrected chi connectivity index (χ1v) is 12.1. The maximum Gasteiger partial charge on any atom is 0.341 e. The molecular formula is C26H34O9. The van der Waals surface area contributed by atoms with Crippen LogP contribution in [0.25, 0.3) is 0 Å². The van der Waals surface area contributed by atoms with E-state index in [1.54, 1.807) is 25.1 Å². The second-order valence-corrected chi connectivity index (χ2v) is 10.1. The topological polar surface area (TPSA) is 146 Å². The van der Waals surface area contributed by atoms with Crippen molar-refractivity contribution in [3.05, 3.63) is 40.5 Å². The molecular weight excluding hydrogens is 456 g/mol. The van der Waals surface area contributed by atoms with Gasteiger partial charge in [0.2, 0.25) is 0 Å². The predicted molar refractivity (Wildman–Crippen MR) is 124 cm³/mol. The standard InChI is InChI=1S/C26H34O9/c1-12(19-8-15-7-17(33-11-22(28)29)4-5-18(15)24(19)31)6-20-25(32)23(30)16(10-34-20)9-21-26(35-21)13(2)14(3)27/h4-5,7,13-14,16,20-21,23,25-27,30,32H,6,8-11H2,1-3H3,(H,28,29)/t13-,14-,16-,20-,21-,23+,25-,26-/m0/s1. The van der Waals surface area contributed by atoms with Gasteiger partial charge in [0.15, 0.2) is 12.4 Å². The average Bonchev–Trinajstić information content (AvgIpc) is 3.50. The van der Waals surface area contributed by atoms with Gasteiger partial charge in [-0.3, -0.25) is 4.79 Å². The van der Waals surface area contributed by atoms with Crippen molar-refractivity contribution < 1.29 is 44.2 Å². The number of aliphatic carboxylic acids is 1. The number of hydrogen-bond donors (Lipinski definition) is 4. The molecule has 0 saturated carbocycles. The summed E-state index contributed by atoms with van der Waals surface area (Å²) in [4.78, 5) is 23.7. The fourth-order valence-electron chi connectivity index (χ4n) is 5.09. The Morgan fingerprint density at radius 1 is 1.20 bits per heavy atom. The molecule has 2 heterocycles. The quantitative estimate of drug-likeness (QED) is 0.299. The number of carboxylic acid groups (broad SMARTS) is 1. The highest BCUT2D eigenvalue weighted by atomic mass is 16.6. The van der Waals surface area contributed by atoms with Crippen LogP contribution < -0.4 is 4.74 Å². The molecule has 9 heteroatoms. The summed E-state index contributed by atoms with van der Waals surface area (Å²) >= 11 is 0. The van der Waals surface area contributed by atoms with Gasteiger partial charge in [0.05, 0.1) is 37.1 Å². The number of aliphatic hydroxyl groups excluding tert-OH is 3. The first kappa shape index (κ1) is 25.8. The lowest BCUT2D eigenvalue weighted by atomic mass is 9.85. The second-order valence-electron chi connectivity index (χ2n) is 10.1. The van der Waals surface area contributed by atoms with Crippen LogP contribution in [-0.2, 0) is 20.7 Å². The van der Waals surface area contributed by atoms with E-state index in [2.05, 4.69) is 0 Å². The van der Waals surface area contributed by atoms with Gasteiger partial charge in [0.1, 0.15) is 11.9 Å². The molecule has 0 spiro atoms. The van der Waals surface area contributed by atoms with Crippen LogP contribution in [0, 0.1) is 11.8 Å². The lowest BCUT2D eigenvalue weighted by Gasteiger charge is -2.38. The summed E-state index contributed by atoms with van der Waals surface area (Å²) in [5.41, 5.74) is 2.72. The van der Waals surface area contributed by atoms with Crippen LogP contribution in [0.4, 0.5) is 0 Å². The average molecular weight is 491 g/mol. The summed E-state index contributed by atoms with van der Waals surface area (Å²) in [7, 11) is 0. The maximum atomic E-state index is 12.9. The molecule has 1 aliphatic carbocycles. The Labute approximate surface area is 204 Å². The zero-order chi connectivity index (χ0) is 25.4. The van der Waals surface area contributed by atoms with Gasteiger partial charge in [-0.2, -0.15) is 0 Å². The first-order chi connectivity index (χ1) is 16.6. The van der Waals surface area contributed by atoms with E-state index < -0.39 is 37.0 Å². The molecule has 4 rings (SSSR count). The van der Waals surface area contributed by atoms with E-state index >= 15 is 0 Å². The van der Waals surface area contributed by atoms with Crippen LogP contribution in [-0.4, -0.2) is 82.0 Å². The third kappa shape index (κ3) is 5.59. The van der Waals surface area contributed by atoms with Gasteiger partial charge in [-0.1, -0.05) is 12.5 Å². The molecule has 1 aromatic rings. The van der Waals surface area contributed by atoms with Crippen LogP contribution in [0.5, 0.6) is 5.75 Å². The second kappa shape index (κ2) is 10.4. The number of carboxylic acids is 1. The smallest absolute Gasteiger partial charge is 0.341 e. The number of allylic oxidation sites excluding steroid dienone is 1. The van der Waals surface area contributed by atoms with Gasteiger partial charge in [-0.15, -0.1) is 0 Å². The van der Waals surface area contributed by atoms with Crippen molar-refractivity contribution in [3.63, 3.8) is 0 Å². The van der Waals surface area contributed by atoms with E-state index in [-0.39, 0.29) is 36.4 Å². The minimum absolute atomic E-state index is 0.00137. The lowest BCUT2D eigenvalue weighted by Crippen LogP contribution is -2.50. The predicted octanol–water partition coefficient (Wildman–Crippen LogP) is 1.51. The number of carbonyl (C=O) groups excluding carboxylic acids is 1. The number of fused-ring (bicyclic) bond motifs is 1. The molecule has 8 atom stereocenters. The van der Waals surface area contributed by atoms with Crippen molar-refractivity contribution in [3.8, 4) is 5.75 Å². The van der Waals surface area contributed by atoms with Gasteiger partial charge in [0, 0.05) is 29.4 Å². The van der Waals surface area contributed by atoms with Crippen molar-refractivity contribution in [1.82, 2.24) is 0 Å². The minimum atomic E-state index is -1.09. The third-order valence-corrected chi connectivity index (χ3v) is 7.52. The Kier molecular flexibility index (Phi) is 7.63. The summed E-state index contributed by atoms with van der Waals surface area (Å²) in [5, 5.41) is 40.0. The van der Waals surface area contributed by atoms with Crippen LogP contribution in [0.1, 0.15) is 49.5 Å². The number of benzene rings is 1. The molecule has 0 aromatic heterocycles. The zero-order valence-corrected chi connectivity index (χ0v) is 20.2. The van der Waals surface area contributed by atoms with Gasteiger partial charge in [0.25, 0.3) is 0 Å². The van der Waals surface area contributed by atoms with Crippen molar-refractivity contribution >= 4 is 11.8 Å². The molecule has 2 fully saturated rings. The van der Waals surface area contributed by atoms with Crippen LogP contribution >= 0.6 is 0 Å². The Balaban J connectivity index is 1.35. The highest BCUT2D eigenvalue weighted by molar-refractivity contribution is 6.13. The van der Waals surface area contributed by atoms with E-state index in [1.807, 2.05) is 13.8 Å². The van der Waals surface area contributed by atoms with Crippen LogP contribution in [0.3, 0.4) is 0 Å². The Morgan fingerprint density at radius 2 is 1.94 bits per heavy atom. The zero-order valence-electron chi connectivity index (χ0n) is 20.2. The molecule has 1 aromatic carbocycles. The number of epoxide rings is 1. The number of Topliss-reactive ketones (excluding diaryl/α,β-unsaturated/α-hetero) is 1. The Hall–Kier alpha value is -2.30. The number of carbonyl (C=O) groups is 2. The normalized spacial score (nSPS) is 33.1. The summed E-state index contributed by atoms with van der Waals surface area (Å²) < 4.78 is 16.8. The van der Waals surface area contributed by atoms with Crippen molar-refractivity contribution in [2.24, 2.45) is 11.8 Å². The minimum Gasteiger partial charge on any atom is -0.482 e. The lowest BCUT2D eigenvalue weighted by molar-refractivity contribution is -0.165. The fraction of sp³-hybridized carbons (Fsp3) is 0.615. The van der Waals surface area contributed by atoms with E-state index in [1.165, 1.54) is 0 Å². The molecule has 0 radical (unpaired) electrons. The van der Waals surface area contributed by atoms with Gasteiger partial charge >= 0.3 is 5.97 Å². The molecule has 0 bridgehead atoms. The summed E-state index contributed by atoms with van der Waals surface area (Å²) in [5.74, 6) is -1.06. The van der Waals surface area contributed by atoms with Crippen molar-refractivity contribution in [2.75, 3.05) is 13.2 Å². The molecule has 35 heavy (non-hydrogen) atoms. The molecule has 4 N–H and O–H groups in total. The SMILES string of the molecule is CC(C[C@@H]1OC[C@H](C[C@@H]2O[C@H]2[C@@H](C)[C@H](C)O)[C@@H](O)[C@H]1O)=C1Cc2cc(OCC(=O)O)ccc2C1=O. The van der Waals surface area contributed by atoms with Crippen LogP contribution in [0.2, 0.25) is 0 Å². The van der Waals surface area contributed by atoms with Gasteiger partial charge in [-0.25, -0.2) is 4.79 Å². The van der Waals surface area contributed by atoms with Crippen LogP contribution in [0.15, 0.2) is 29.3 Å². The Bertz CT molecular complexity index is 1000. The molecule has 0 unspecified atom stereocenters. The number of hydrogen-bond acceptors (Lipinski definition) is 8. The van der Waals surface area contributed by atoms with Crippen molar-refractivity contribution in [2.45, 2.75) is 76.7 Å². The third-order valence-electron chi connectivity index (χ3n) is 7.52. The molecule has 2 aliphatic heterocycles. The molecule has 0 amide bonds.